The van der Waals surface area contributed by atoms with Crippen molar-refractivity contribution in [2.24, 2.45) is 4.99 Å². The Morgan fingerprint density at radius 1 is 1.07 bits per heavy atom. The summed E-state index contributed by atoms with van der Waals surface area (Å²) in [5.41, 5.74) is 0.486. The molecule has 0 aliphatic rings. The van der Waals surface area contributed by atoms with Crippen molar-refractivity contribution in [1.82, 2.24) is 10.6 Å². The van der Waals surface area contributed by atoms with Crippen molar-refractivity contribution in [1.29, 1.82) is 0 Å². The molecule has 1 atom stereocenters. The van der Waals surface area contributed by atoms with Crippen molar-refractivity contribution in [2.75, 3.05) is 12.3 Å². The van der Waals surface area contributed by atoms with Gasteiger partial charge in [0.25, 0.3) is 0 Å². The first-order valence-electron chi connectivity index (χ1n) is 9.02. The van der Waals surface area contributed by atoms with Crippen molar-refractivity contribution in [3.63, 3.8) is 0 Å². The fourth-order valence-corrected chi connectivity index (χ4v) is 4.17. The summed E-state index contributed by atoms with van der Waals surface area (Å²) >= 11 is 0. The molecule has 0 saturated heterocycles. The number of halogens is 2. The predicted octanol–water partition coefficient (Wildman–Crippen LogP) is 3.75. The molecule has 0 saturated carbocycles. The molecule has 0 amide bonds. The summed E-state index contributed by atoms with van der Waals surface area (Å²) in [4.78, 5) is 4.70. The quantitative estimate of drug-likeness (QED) is 0.317. The molecule has 0 spiro atoms. The summed E-state index contributed by atoms with van der Waals surface area (Å²) in [6.45, 7) is 4.62. The molecule has 0 aliphatic heterocycles. The Kier molecular flexibility index (Phi) is 10.4. The Morgan fingerprint density at radius 2 is 1.71 bits per heavy atom. The Morgan fingerprint density at radius 3 is 2.32 bits per heavy atom. The van der Waals surface area contributed by atoms with Gasteiger partial charge in [-0.25, -0.2) is 17.8 Å². The van der Waals surface area contributed by atoms with E-state index < -0.39 is 9.84 Å². The molecule has 28 heavy (non-hydrogen) atoms. The van der Waals surface area contributed by atoms with E-state index in [-0.39, 0.29) is 48.1 Å². The van der Waals surface area contributed by atoms with Crippen LogP contribution in [-0.4, -0.2) is 32.7 Å². The highest BCUT2D eigenvalue weighted by molar-refractivity contribution is 14.0. The maximum Gasteiger partial charge on any atom is 0.191 e. The van der Waals surface area contributed by atoms with Crippen LogP contribution in [0.1, 0.15) is 25.8 Å². The van der Waals surface area contributed by atoms with E-state index in [0.717, 1.165) is 0 Å². The van der Waals surface area contributed by atoms with Crippen LogP contribution >= 0.6 is 24.0 Å². The van der Waals surface area contributed by atoms with Gasteiger partial charge in [0.15, 0.2) is 15.8 Å². The van der Waals surface area contributed by atoms with E-state index >= 15 is 0 Å². The minimum absolute atomic E-state index is 0. The molecule has 0 aromatic heterocycles. The number of aliphatic imine (C=N–C) groups is 1. The molecule has 2 N–H and O–H groups in total. The lowest BCUT2D eigenvalue weighted by Crippen LogP contribution is -2.46. The van der Waals surface area contributed by atoms with Gasteiger partial charge in [-0.2, -0.15) is 0 Å². The second kappa shape index (κ2) is 12.0. The summed E-state index contributed by atoms with van der Waals surface area (Å²) in [7, 11) is -3.41. The molecule has 0 heterocycles. The van der Waals surface area contributed by atoms with Crippen LogP contribution in [0, 0.1) is 5.82 Å². The number of hydrogen-bond donors (Lipinski definition) is 2. The SMILES string of the molecule is CCNC(=NCc1ccccc1F)NC(CC)CS(=O)(=O)c1ccccc1.I. The van der Waals surface area contributed by atoms with Gasteiger partial charge in [-0.3, -0.25) is 0 Å². The number of sulfone groups is 1. The van der Waals surface area contributed by atoms with Crippen molar-refractivity contribution in [3.8, 4) is 0 Å². The molecule has 0 bridgehead atoms. The Balaban J connectivity index is 0.00000392. The fraction of sp³-hybridized carbons (Fsp3) is 0.350. The molecule has 154 valence electrons. The first-order valence-corrected chi connectivity index (χ1v) is 10.7. The summed E-state index contributed by atoms with van der Waals surface area (Å²) in [5.74, 6) is 0.115. The predicted molar refractivity (Wildman–Crippen MR) is 122 cm³/mol. The molecule has 0 aliphatic carbocycles. The van der Waals surface area contributed by atoms with Crippen LogP contribution in [0.3, 0.4) is 0 Å². The van der Waals surface area contributed by atoms with Crippen LogP contribution in [0.4, 0.5) is 4.39 Å². The molecular weight excluding hydrogens is 492 g/mol. The molecule has 2 rings (SSSR count). The second-order valence-corrected chi connectivity index (χ2v) is 8.16. The topological polar surface area (TPSA) is 70.6 Å². The minimum Gasteiger partial charge on any atom is -0.357 e. The average molecular weight is 519 g/mol. The molecule has 2 aromatic carbocycles. The third-order valence-corrected chi connectivity index (χ3v) is 5.90. The zero-order valence-electron chi connectivity index (χ0n) is 16.1. The van der Waals surface area contributed by atoms with Crippen molar-refractivity contribution < 1.29 is 12.8 Å². The number of hydrogen-bond acceptors (Lipinski definition) is 3. The van der Waals surface area contributed by atoms with E-state index in [9.17, 15) is 12.8 Å². The summed E-state index contributed by atoms with van der Waals surface area (Å²) in [6.07, 6.45) is 0.607. The molecule has 1 unspecified atom stereocenters. The molecule has 8 heteroatoms. The lowest BCUT2D eigenvalue weighted by Gasteiger charge is -2.20. The summed E-state index contributed by atoms with van der Waals surface area (Å²) < 4.78 is 39.0. The maximum absolute atomic E-state index is 13.8. The van der Waals surface area contributed by atoms with E-state index in [1.807, 2.05) is 13.8 Å². The van der Waals surface area contributed by atoms with E-state index in [4.69, 9.17) is 0 Å². The zero-order chi connectivity index (χ0) is 19.7. The number of rotatable bonds is 8. The van der Waals surface area contributed by atoms with Gasteiger partial charge in [-0.1, -0.05) is 43.3 Å². The van der Waals surface area contributed by atoms with Gasteiger partial charge in [0.1, 0.15) is 5.82 Å². The highest BCUT2D eigenvalue weighted by Crippen LogP contribution is 2.12. The maximum atomic E-state index is 13.8. The molecule has 2 aromatic rings. The number of benzene rings is 2. The van der Waals surface area contributed by atoms with Crippen molar-refractivity contribution in [3.05, 3.63) is 66.0 Å². The average Bonchev–Trinajstić information content (AvgIpc) is 2.67. The standard InChI is InChI=1S/C20H26FN3O2S.HI/c1-3-17(15-27(25,26)18-11-6-5-7-12-18)24-20(22-4-2)23-14-16-10-8-9-13-19(16)21;/h5-13,17H,3-4,14-15H2,1-2H3,(H2,22,23,24);1H. The van der Waals surface area contributed by atoms with Gasteiger partial charge in [0.05, 0.1) is 17.2 Å². The van der Waals surface area contributed by atoms with Crippen LogP contribution in [0.5, 0.6) is 0 Å². The Hall–Kier alpha value is -1.68. The zero-order valence-corrected chi connectivity index (χ0v) is 19.2. The van der Waals surface area contributed by atoms with Crippen molar-refractivity contribution in [2.45, 2.75) is 37.8 Å². The van der Waals surface area contributed by atoms with Gasteiger partial charge in [0.2, 0.25) is 0 Å². The first kappa shape index (κ1) is 24.4. The second-order valence-electron chi connectivity index (χ2n) is 6.13. The molecule has 0 fully saturated rings. The van der Waals surface area contributed by atoms with E-state index in [2.05, 4.69) is 15.6 Å². The highest BCUT2D eigenvalue weighted by Gasteiger charge is 2.21. The van der Waals surface area contributed by atoms with Crippen LogP contribution in [0.15, 0.2) is 64.5 Å². The van der Waals surface area contributed by atoms with Crippen molar-refractivity contribution >= 4 is 39.8 Å². The third-order valence-electron chi connectivity index (χ3n) is 4.07. The fourth-order valence-electron chi connectivity index (χ4n) is 2.55. The van der Waals surface area contributed by atoms with Crippen LogP contribution < -0.4 is 10.6 Å². The normalized spacial score (nSPS) is 12.8. The lowest BCUT2D eigenvalue weighted by molar-refractivity contribution is 0.568. The van der Waals surface area contributed by atoms with Gasteiger partial charge >= 0.3 is 0 Å². The largest absolute Gasteiger partial charge is 0.357 e. The van der Waals surface area contributed by atoms with Crippen LogP contribution in [0.25, 0.3) is 0 Å². The van der Waals surface area contributed by atoms with E-state index in [1.54, 1.807) is 48.5 Å². The first-order chi connectivity index (χ1) is 13.0. The van der Waals surface area contributed by atoms with Crippen LogP contribution in [0.2, 0.25) is 0 Å². The minimum atomic E-state index is -3.41. The number of guanidine groups is 1. The summed E-state index contributed by atoms with van der Waals surface area (Å²) in [5, 5.41) is 6.24. The smallest absolute Gasteiger partial charge is 0.191 e. The van der Waals surface area contributed by atoms with Gasteiger partial charge in [-0.05, 0) is 31.5 Å². The van der Waals surface area contributed by atoms with E-state index in [0.29, 0.717) is 29.4 Å². The lowest BCUT2D eigenvalue weighted by atomic mass is 10.2. The highest BCUT2D eigenvalue weighted by atomic mass is 127. The van der Waals surface area contributed by atoms with Gasteiger partial charge in [-0.15, -0.1) is 24.0 Å². The summed E-state index contributed by atoms with van der Waals surface area (Å²) in [6, 6.07) is 14.6. The molecule has 5 nitrogen and oxygen atoms in total. The van der Waals surface area contributed by atoms with Crippen LogP contribution in [-0.2, 0) is 16.4 Å². The third kappa shape index (κ3) is 7.38. The van der Waals surface area contributed by atoms with E-state index in [1.165, 1.54) is 6.07 Å². The monoisotopic (exact) mass is 519 g/mol. The molecular formula is C20H27FIN3O2S. The Bertz CT molecular complexity index is 861. The Labute approximate surface area is 183 Å². The number of nitrogens with zero attached hydrogens (tertiary/aromatic N) is 1. The van der Waals surface area contributed by atoms with Gasteiger partial charge in [0, 0.05) is 18.2 Å². The van der Waals surface area contributed by atoms with Gasteiger partial charge < -0.3 is 10.6 Å². The number of nitrogens with one attached hydrogen (secondary N) is 2. The molecule has 0 radical (unpaired) electrons.